The molecule has 3 aromatic rings. The van der Waals surface area contributed by atoms with Crippen LogP contribution in [0.1, 0.15) is 21.5 Å². The molecular formula is C23H19ClN2O5S. The van der Waals surface area contributed by atoms with Gasteiger partial charge in [0.25, 0.3) is 5.91 Å². The van der Waals surface area contributed by atoms with E-state index >= 15 is 0 Å². The Hall–Kier alpha value is -3.07. The van der Waals surface area contributed by atoms with Gasteiger partial charge in [0, 0.05) is 29.4 Å². The lowest BCUT2D eigenvalue weighted by Gasteiger charge is -2.28. The number of anilines is 1. The highest BCUT2D eigenvalue weighted by Gasteiger charge is 2.28. The first kappa shape index (κ1) is 20.8. The molecule has 32 heavy (non-hydrogen) atoms. The molecule has 0 saturated carbocycles. The van der Waals surface area contributed by atoms with Crippen LogP contribution in [0.3, 0.4) is 0 Å². The summed E-state index contributed by atoms with van der Waals surface area (Å²) in [5.74, 6) is 0.855. The number of fused-ring (bicyclic) bond motifs is 2. The number of carbonyl (C=O) groups is 1. The zero-order valence-electron chi connectivity index (χ0n) is 16.9. The molecule has 3 aromatic carbocycles. The summed E-state index contributed by atoms with van der Waals surface area (Å²) in [5, 5.41) is 3.36. The predicted molar refractivity (Wildman–Crippen MR) is 120 cm³/mol. The van der Waals surface area contributed by atoms with Crippen molar-refractivity contribution in [2.45, 2.75) is 17.9 Å². The van der Waals surface area contributed by atoms with Crippen molar-refractivity contribution in [1.82, 2.24) is 4.31 Å². The summed E-state index contributed by atoms with van der Waals surface area (Å²) in [6.45, 7) is 0.759. The molecule has 0 aromatic heterocycles. The maximum Gasteiger partial charge on any atom is 0.255 e. The molecule has 0 saturated heterocycles. The fraction of sp³-hybridized carbons (Fsp3) is 0.174. The van der Waals surface area contributed by atoms with Gasteiger partial charge in [0.1, 0.15) is 0 Å². The quantitative estimate of drug-likeness (QED) is 0.621. The Labute approximate surface area is 190 Å². The summed E-state index contributed by atoms with van der Waals surface area (Å²) < 4.78 is 38.1. The highest BCUT2D eigenvalue weighted by Crippen LogP contribution is 2.33. The van der Waals surface area contributed by atoms with Crippen LogP contribution in [0.2, 0.25) is 5.02 Å². The van der Waals surface area contributed by atoms with Crippen molar-refractivity contribution in [2.75, 3.05) is 18.7 Å². The summed E-state index contributed by atoms with van der Waals surface area (Å²) in [7, 11) is -3.64. The van der Waals surface area contributed by atoms with Crippen LogP contribution < -0.4 is 14.8 Å². The summed E-state index contributed by atoms with van der Waals surface area (Å²) in [6.07, 6.45) is 0.596. The number of benzene rings is 3. The van der Waals surface area contributed by atoms with Crippen LogP contribution in [0.4, 0.5) is 5.69 Å². The van der Waals surface area contributed by atoms with Gasteiger partial charge in [-0.3, -0.25) is 4.79 Å². The molecule has 0 aliphatic carbocycles. The zero-order valence-corrected chi connectivity index (χ0v) is 18.4. The topological polar surface area (TPSA) is 84.9 Å². The lowest BCUT2D eigenvalue weighted by molar-refractivity contribution is 0.102. The minimum atomic E-state index is -3.64. The second-order valence-corrected chi connectivity index (χ2v) is 9.92. The SMILES string of the molecule is O=C(Nc1ccc2c(c1)CN(S(=O)(=O)c1ccc(Cl)cc1)CC2)c1ccc2c(c1)OCO2. The van der Waals surface area contributed by atoms with E-state index in [1.807, 2.05) is 18.2 Å². The second kappa shape index (κ2) is 8.12. The van der Waals surface area contributed by atoms with Crippen LogP contribution in [0.5, 0.6) is 11.5 Å². The number of hydrogen-bond acceptors (Lipinski definition) is 5. The van der Waals surface area contributed by atoms with Gasteiger partial charge in [0.05, 0.1) is 4.90 Å². The number of rotatable bonds is 4. The van der Waals surface area contributed by atoms with Crippen LogP contribution in [0, 0.1) is 0 Å². The van der Waals surface area contributed by atoms with E-state index in [9.17, 15) is 13.2 Å². The van der Waals surface area contributed by atoms with Gasteiger partial charge in [-0.1, -0.05) is 17.7 Å². The fourth-order valence-corrected chi connectivity index (χ4v) is 5.36. The fourth-order valence-electron chi connectivity index (χ4n) is 3.81. The number of nitrogens with one attached hydrogen (secondary N) is 1. The van der Waals surface area contributed by atoms with E-state index in [-0.39, 0.29) is 24.1 Å². The Bertz CT molecular complexity index is 1310. The molecule has 2 aliphatic rings. The van der Waals surface area contributed by atoms with Crippen LogP contribution in [-0.4, -0.2) is 32.0 Å². The number of carbonyl (C=O) groups excluding carboxylic acids is 1. The van der Waals surface area contributed by atoms with Crippen molar-refractivity contribution >= 4 is 33.2 Å². The van der Waals surface area contributed by atoms with Crippen LogP contribution in [-0.2, 0) is 23.0 Å². The number of nitrogens with zero attached hydrogens (tertiary/aromatic N) is 1. The molecule has 2 aliphatic heterocycles. The number of amides is 1. The monoisotopic (exact) mass is 470 g/mol. The third-order valence-electron chi connectivity index (χ3n) is 5.53. The molecule has 0 radical (unpaired) electrons. The molecule has 0 unspecified atom stereocenters. The summed E-state index contributed by atoms with van der Waals surface area (Å²) in [6, 6.07) is 16.7. The van der Waals surface area contributed by atoms with E-state index in [2.05, 4.69) is 5.32 Å². The number of halogens is 1. The Morgan fingerprint density at radius 2 is 1.72 bits per heavy atom. The van der Waals surface area contributed by atoms with E-state index < -0.39 is 10.0 Å². The molecule has 1 amide bonds. The first-order valence-electron chi connectivity index (χ1n) is 9.99. The van der Waals surface area contributed by atoms with Crippen molar-refractivity contribution in [3.05, 3.63) is 82.4 Å². The van der Waals surface area contributed by atoms with Crippen molar-refractivity contribution in [1.29, 1.82) is 0 Å². The second-order valence-electron chi connectivity index (χ2n) is 7.55. The first-order chi connectivity index (χ1) is 15.4. The van der Waals surface area contributed by atoms with E-state index in [0.29, 0.717) is 40.7 Å². The normalized spacial score (nSPS) is 15.3. The summed E-state index contributed by atoms with van der Waals surface area (Å²) in [4.78, 5) is 12.9. The van der Waals surface area contributed by atoms with Gasteiger partial charge >= 0.3 is 0 Å². The number of ether oxygens (including phenoxy) is 2. The standard InChI is InChI=1S/C23H19ClN2O5S/c24-18-3-6-20(7-4-18)32(28,29)26-10-9-15-1-5-19(11-17(15)13-26)25-23(27)16-2-8-21-22(12-16)31-14-30-21/h1-8,11-12H,9-10,13-14H2,(H,25,27). The van der Waals surface area contributed by atoms with Crippen molar-refractivity contribution in [3.8, 4) is 11.5 Å². The minimum absolute atomic E-state index is 0.140. The summed E-state index contributed by atoms with van der Waals surface area (Å²) >= 11 is 5.89. The lowest BCUT2D eigenvalue weighted by Crippen LogP contribution is -2.36. The van der Waals surface area contributed by atoms with E-state index in [1.54, 1.807) is 30.3 Å². The van der Waals surface area contributed by atoms with Gasteiger partial charge in [0.2, 0.25) is 16.8 Å². The molecule has 2 heterocycles. The van der Waals surface area contributed by atoms with E-state index in [4.69, 9.17) is 21.1 Å². The van der Waals surface area contributed by atoms with Gasteiger partial charge in [-0.15, -0.1) is 0 Å². The largest absolute Gasteiger partial charge is 0.454 e. The molecule has 9 heteroatoms. The van der Waals surface area contributed by atoms with Crippen LogP contribution in [0.15, 0.2) is 65.6 Å². The Morgan fingerprint density at radius 3 is 2.53 bits per heavy atom. The Morgan fingerprint density at radius 1 is 0.938 bits per heavy atom. The molecule has 0 fully saturated rings. The maximum absolute atomic E-state index is 13.0. The average molecular weight is 471 g/mol. The molecule has 0 atom stereocenters. The highest BCUT2D eigenvalue weighted by molar-refractivity contribution is 7.89. The molecule has 1 N–H and O–H groups in total. The summed E-state index contributed by atoms with van der Waals surface area (Å²) in [5.41, 5.74) is 2.96. The van der Waals surface area contributed by atoms with Crippen molar-refractivity contribution in [2.24, 2.45) is 0 Å². The smallest absolute Gasteiger partial charge is 0.255 e. The highest BCUT2D eigenvalue weighted by atomic mass is 35.5. The molecule has 5 rings (SSSR count). The maximum atomic E-state index is 13.0. The molecule has 0 bridgehead atoms. The van der Waals surface area contributed by atoms with E-state index in [1.165, 1.54) is 16.4 Å². The van der Waals surface area contributed by atoms with Gasteiger partial charge in [-0.05, 0) is 72.1 Å². The molecular weight excluding hydrogens is 452 g/mol. The van der Waals surface area contributed by atoms with Gasteiger partial charge in [-0.25, -0.2) is 8.42 Å². The third kappa shape index (κ3) is 3.92. The van der Waals surface area contributed by atoms with E-state index in [0.717, 1.165) is 11.1 Å². The van der Waals surface area contributed by atoms with Crippen LogP contribution in [0.25, 0.3) is 0 Å². The molecule has 164 valence electrons. The van der Waals surface area contributed by atoms with Gasteiger partial charge < -0.3 is 14.8 Å². The molecule has 0 spiro atoms. The number of hydrogen-bond donors (Lipinski definition) is 1. The zero-order chi connectivity index (χ0) is 22.3. The Kier molecular flexibility index (Phi) is 5.28. The van der Waals surface area contributed by atoms with Crippen LogP contribution >= 0.6 is 11.6 Å². The predicted octanol–water partition coefficient (Wildman–Crippen LogP) is 4.07. The first-order valence-corrected chi connectivity index (χ1v) is 11.8. The molecule has 7 nitrogen and oxygen atoms in total. The lowest BCUT2D eigenvalue weighted by atomic mass is 10.0. The van der Waals surface area contributed by atoms with Crippen molar-refractivity contribution < 1.29 is 22.7 Å². The Balaban J connectivity index is 1.34. The number of sulfonamides is 1. The third-order valence-corrected chi connectivity index (χ3v) is 7.64. The van der Waals surface area contributed by atoms with Crippen molar-refractivity contribution in [3.63, 3.8) is 0 Å². The van der Waals surface area contributed by atoms with Gasteiger partial charge in [-0.2, -0.15) is 4.31 Å². The van der Waals surface area contributed by atoms with Gasteiger partial charge in [0.15, 0.2) is 11.5 Å². The average Bonchev–Trinajstić information content (AvgIpc) is 3.27. The minimum Gasteiger partial charge on any atom is -0.454 e.